The topological polar surface area (TPSA) is 0 Å². The molecule has 0 amide bonds. The van der Waals surface area contributed by atoms with Crippen molar-refractivity contribution >= 4 is 32.3 Å². The number of rotatable bonds is 3. The molecule has 0 radical (unpaired) electrons. The molecule has 0 heterocycles. The van der Waals surface area contributed by atoms with Crippen LogP contribution in [0.25, 0.3) is 65.7 Å². The summed E-state index contributed by atoms with van der Waals surface area (Å²) in [7, 11) is 0. The van der Waals surface area contributed by atoms with Crippen molar-refractivity contribution in [2.75, 3.05) is 0 Å². The highest BCUT2D eigenvalue weighted by Gasteiger charge is 2.16. The lowest BCUT2D eigenvalue weighted by atomic mass is 9.85. The van der Waals surface area contributed by atoms with Crippen molar-refractivity contribution in [2.45, 2.75) is 0 Å². The van der Waals surface area contributed by atoms with Crippen molar-refractivity contribution in [3.8, 4) is 33.4 Å². The molecule has 0 atom stereocenters. The number of fused-ring (bicyclic) bond motifs is 3. The maximum absolute atomic E-state index is 2.36. The minimum atomic E-state index is 1.24. The van der Waals surface area contributed by atoms with E-state index in [0.717, 1.165) is 0 Å². The van der Waals surface area contributed by atoms with Gasteiger partial charge in [0, 0.05) is 0 Å². The Balaban J connectivity index is 1.55. The first-order valence-corrected chi connectivity index (χ1v) is 12.5. The SMILES string of the molecule is c1ccc(-c2c3ccccc3c(-c3cccc(-c4cccc5ccccc45)c3)c3ccccc23)cc1. The van der Waals surface area contributed by atoms with Crippen LogP contribution >= 0.6 is 0 Å². The number of hydrogen-bond donors (Lipinski definition) is 0. The first-order chi connectivity index (χ1) is 17.9. The Morgan fingerprint density at radius 1 is 0.278 bits per heavy atom. The normalized spacial score (nSPS) is 11.3. The fourth-order valence-electron chi connectivity index (χ4n) is 5.67. The Morgan fingerprint density at radius 3 is 1.39 bits per heavy atom. The highest BCUT2D eigenvalue weighted by molar-refractivity contribution is 6.21. The van der Waals surface area contributed by atoms with Crippen LogP contribution in [0, 0.1) is 0 Å². The summed E-state index contributed by atoms with van der Waals surface area (Å²) >= 11 is 0. The lowest BCUT2D eigenvalue weighted by Gasteiger charge is -2.18. The van der Waals surface area contributed by atoms with Crippen molar-refractivity contribution in [3.63, 3.8) is 0 Å². The Bertz CT molecular complexity index is 1810. The smallest absolute Gasteiger partial charge is 0.00262 e. The summed E-state index contributed by atoms with van der Waals surface area (Å²) in [5.41, 5.74) is 7.60. The third kappa shape index (κ3) is 3.31. The fraction of sp³-hybridized carbons (Fsp3) is 0. The summed E-state index contributed by atoms with van der Waals surface area (Å²) in [6.07, 6.45) is 0. The highest BCUT2D eigenvalue weighted by Crippen LogP contribution is 2.44. The Labute approximate surface area is 211 Å². The number of hydrogen-bond acceptors (Lipinski definition) is 0. The van der Waals surface area contributed by atoms with Gasteiger partial charge in [-0.15, -0.1) is 0 Å². The zero-order valence-corrected chi connectivity index (χ0v) is 19.9. The molecule has 0 fully saturated rings. The molecule has 0 bridgehead atoms. The molecule has 7 rings (SSSR count). The van der Waals surface area contributed by atoms with Gasteiger partial charge in [-0.3, -0.25) is 0 Å². The third-order valence-corrected chi connectivity index (χ3v) is 7.25. The second-order valence-corrected chi connectivity index (χ2v) is 9.31. The van der Waals surface area contributed by atoms with Crippen molar-refractivity contribution in [3.05, 3.63) is 146 Å². The molecule has 0 aromatic heterocycles. The van der Waals surface area contributed by atoms with E-state index < -0.39 is 0 Å². The Kier molecular flexibility index (Phi) is 4.89. The molecule has 0 saturated heterocycles. The van der Waals surface area contributed by atoms with Gasteiger partial charge in [0.2, 0.25) is 0 Å². The van der Waals surface area contributed by atoms with Crippen molar-refractivity contribution in [2.24, 2.45) is 0 Å². The van der Waals surface area contributed by atoms with E-state index in [1.165, 1.54) is 65.7 Å². The van der Waals surface area contributed by atoms with Gasteiger partial charge in [0.1, 0.15) is 0 Å². The van der Waals surface area contributed by atoms with E-state index >= 15 is 0 Å². The van der Waals surface area contributed by atoms with Crippen LogP contribution in [0.1, 0.15) is 0 Å². The summed E-state index contributed by atoms with van der Waals surface area (Å²) in [4.78, 5) is 0. The lowest BCUT2D eigenvalue weighted by molar-refractivity contribution is 1.63. The van der Waals surface area contributed by atoms with Crippen LogP contribution < -0.4 is 0 Å². The van der Waals surface area contributed by atoms with Crippen LogP contribution in [0.2, 0.25) is 0 Å². The van der Waals surface area contributed by atoms with E-state index in [0.29, 0.717) is 0 Å². The quantitative estimate of drug-likeness (QED) is 0.232. The van der Waals surface area contributed by atoms with Gasteiger partial charge in [-0.05, 0) is 71.8 Å². The monoisotopic (exact) mass is 456 g/mol. The molecule has 0 heteroatoms. The second kappa shape index (κ2) is 8.52. The molecule has 0 aliphatic carbocycles. The van der Waals surface area contributed by atoms with Crippen LogP contribution in [0.5, 0.6) is 0 Å². The minimum absolute atomic E-state index is 1.24. The lowest BCUT2D eigenvalue weighted by Crippen LogP contribution is -1.91. The van der Waals surface area contributed by atoms with Gasteiger partial charge in [0.25, 0.3) is 0 Å². The predicted octanol–water partition coefficient (Wildman–Crippen LogP) is 10.1. The zero-order valence-electron chi connectivity index (χ0n) is 19.9. The van der Waals surface area contributed by atoms with Gasteiger partial charge in [-0.25, -0.2) is 0 Å². The molecule has 168 valence electrons. The van der Waals surface area contributed by atoms with Gasteiger partial charge < -0.3 is 0 Å². The van der Waals surface area contributed by atoms with Gasteiger partial charge >= 0.3 is 0 Å². The van der Waals surface area contributed by atoms with E-state index in [1.807, 2.05) is 0 Å². The summed E-state index contributed by atoms with van der Waals surface area (Å²) in [6.45, 7) is 0. The van der Waals surface area contributed by atoms with Crippen LogP contribution in [0.3, 0.4) is 0 Å². The van der Waals surface area contributed by atoms with Crippen molar-refractivity contribution in [1.29, 1.82) is 0 Å². The summed E-state index contributed by atoms with van der Waals surface area (Å²) in [5.74, 6) is 0. The zero-order chi connectivity index (χ0) is 23.9. The molecule has 36 heavy (non-hydrogen) atoms. The van der Waals surface area contributed by atoms with Gasteiger partial charge in [-0.2, -0.15) is 0 Å². The second-order valence-electron chi connectivity index (χ2n) is 9.31. The largest absolute Gasteiger partial charge is 0.0622 e. The van der Waals surface area contributed by atoms with E-state index in [4.69, 9.17) is 0 Å². The van der Waals surface area contributed by atoms with E-state index in [-0.39, 0.29) is 0 Å². The maximum Gasteiger partial charge on any atom is -0.00262 e. The molecule has 0 N–H and O–H groups in total. The van der Waals surface area contributed by atoms with E-state index in [1.54, 1.807) is 0 Å². The molecule has 7 aromatic rings. The average molecular weight is 457 g/mol. The molecule has 0 aliphatic heterocycles. The molecule has 0 aliphatic rings. The standard InChI is InChI=1S/C36H24/c1-2-13-26(14-3-1)35-31-19-6-8-21-33(31)36(34-22-9-7-20-32(34)35)28-17-10-16-27(24-28)30-23-11-15-25-12-4-5-18-29(25)30/h1-24H. The summed E-state index contributed by atoms with van der Waals surface area (Å²) in [5, 5.41) is 7.69. The van der Waals surface area contributed by atoms with Crippen LogP contribution in [-0.2, 0) is 0 Å². The van der Waals surface area contributed by atoms with Gasteiger partial charge in [0.05, 0.1) is 0 Å². The summed E-state index contributed by atoms with van der Waals surface area (Å²) in [6, 6.07) is 52.7. The molecule has 0 nitrogen and oxygen atoms in total. The molecule has 0 spiro atoms. The molecular formula is C36H24. The fourth-order valence-corrected chi connectivity index (χ4v) is 5.67. The van der Waals surface area contributed by atoms with Gasteiger partial charge in [-0.1, -0.05) is 140 Å². The minimum Gasteiger partial charge on any atom is -0.0622 e. The van der Waals surface area contributed by atoms with Crippen molar-refractivity contribution < 1.29 is 0 Å². The van der Waals surface area contributed by atoms with Crippen molar-refractivity contribution in [1.82, 2.24) is 0 Å². The first kappa shape index (κ1) is 20.7. The predicted molar refractivity (Wildman–Crippen MR) is 155 cm³/mol. The van der Waals surface area contributed by atoms with Crippen LogP contribution in [0.4, 0.5) is 0 Å². The highest BCUT2D eigenvalue weighted by atomic mass is 14.2. The molecule has 0 saturated carbocycles. The summed E-state index contributed by atoms with van der Waals surface area (Å²) < 4.78 is 0. The van der Waals surface area contributed by atoms with Crippen LogP contribution in [0.15, 0.2) is 146 Å². The van der Waals surface area contributed by atoms with E-state index in [2.05, 4.69) is 146 Å². The molecular weight excluding hydrogens is 432 g/mol. The average Bonchev–Trinajstić information content (AvgIpc) is 2.96. The maximum atomic E-state index is 2.36. The third-order valence-electron chi connectivity index (χ3n) is 7.25. The van der Waals surface area contributed by atoms with E-state index in [9.17, 15) is 0 Å². The van der Waals surface area contributed by atoms with Gasteiger partial charge in [0.15, 0.2) is 0 Å². The van der Waals surface area contributed by atoms with Crippen LogP contribution in [-0.4, -0.2) is 0 Å². The molecule has 0 unspecified atom stereocenters. The number of benzene rings is 7. The Hall–Kier alpha value is -4.68. The Morgan fingerprint density at radius 2 is 0.722 bits per heavy atom. The molecule has 7 aromatic carbocycles. The first-order valence-electron chi connectivity index (χ1n) is 12.5.